The van der Waals surface area contributed by atoms with Crippen molar-refractivity contribution in [2.24, 2.45) is 5.84 Å². The summed E-state index contributed by atoms with van der Waals surface area (Å²) in [4.78, 5) is 0. The molecule has 0 spiro atoms. The maximum absolute atomic E-state index is 5.73. The number of hydrazine groups is 1. The van der Waals surface area contributed by atoms with Gasteiger partial charge in [0.25, 0.3) is 0 Å². The van der Waals surface area contributed by atoms with E-state index in [4.69, 9.17) is 10.6 Å². The van der Waals surface area contributed by atoms with Crippen LogP contribution in [0.25, 0.3) is 0 Å². The first-order valence-electron chi connectivity index (χ1n) is 6.53. The number of nitrogens with two attached hydrogens (primary N) is 1. The van der Waals surface area contributed by atoms with E-state index in [-0.39, 0.29) is 12.1 Å². The smallest absolute Gasteiger partial charge is 0.0990 e. The number of hydrogen-bond acceptors (Lipinski definition) is 3. The molecule has 20 heavy (non-hydrogen) atoms. The van der Waals surface area contributed by atoms with E-state index in [0.29, 0.717) is 0 Å². The fraction of sp³-hybridized carbons (Fsp3) is 0.250. The second kappa shape index (κ2) is 7.73. The molecule has 106 valence electrons. The summed E-state index contributed by atoms with van der Waals surface area (Å²) in [5.74, 6) is 5.73. The molecule has 0 aliphatic heterocycles. The summed E-state index contributed by atoms with van der Waals surface area (Å²) in [5.41, 5.74) is 5.26. The van der Waals surface area contributed by atoms with Crippen molar-refractivity contribution in [1.82, 2.24) is 5.43 Å². The maximum atomic E-state index is 5.73. The molecule has 0 aliphatic rings. The van der Waals surface area contributed by atoms with Crippen LogP contribution in [0.1, 0.15) is 17.2 Å². The molecule has 0 amide bonds. The van der Waals surface area contributed by atoms with Crippen LogP contribution in [0.4, 0.5) is 0 Å². The topological polar surface area (TPSA) is 47.3 Å². The fourth-order valence-electron chi connectivity index (χ4n) is 2.30. The summed E-state index contributed by atoms with van der Waals surface area (Å²) >= 11 is 2.30. The van der Waals surface area contributed by atoms with Gasteiger partial charge in [0, 0.05) is 10.7 Å². The van der Waals surface area contributed by atoms with Crippen molar-refractivity contribution >= 4 is 22.6 Å². The zero-order chi connectivity index (χ0) is 14.4. The van der Waals surface area contributed by atoms with Gasteiger partial charge in [-0.15, -0.1) is 0 Å². The van der Waals surface area contributed by atoms with Crippen molar-refractivity contribution < 1.29 is 4.74 Å². The van der Waals surface area contributed by atoms with Gasteiger partial charge in [-0.25, -0.2) is 0 Å². The number of halogens is 1. The van der Waals surface area contributed by atoms with Crippen LogP contribution in [0.2, 0.25) is 0 Å². The van der Waals surface area contributed by atoms with Gasteiger partial charge in [-0.3, -0.25) is 11.3 Å². The van der Waals surface area contributed by atoms with Crippen LogP contribution in [0, 0.1) is 3.57 Å². The molecule has 0 heterocycles. The highest BCUT2D eigenvalue weighted by molar-refractivity contribution is 14.1. The monoisotopic (exact) mass is 382 g/mol. The molecule has 4 heteroatoms. The average molecular weight is 382 g/mol. The molecular formula is C16H19IN2O. The molecule has 0 bridgehead atoms. The third kappa shape index (κ3) is 4.02. The summed E-state index contributed by atoms with van der Waals surface area (Å²) < 4.78 is 6.87. The van der Waals surface area contributed by atoms with E-state index < -0.39 is 0 Å². The number of methoxy groups -OCH3 is 1. The number of ether oxygens (including phenoxy) is 1. The predicted molar refractivity (Wildman–Crippen MR) is 90.2 cm³/mol. The van der Waals surface area contributed by atoms with Gasteiger partial charge in [0.2, 0.25) is 0 Å². The fourth-order valence-corrected chi connectivity index (χ4v) is 2.66. The minimum absolute atomic E-state index is 0.0301. The normalized spacial score (nSPS) is 13.9. The van der Waals surface area contributed by atoms with E-state index in [2.05, 4.69) is 64.4 Å². The van der Waals surface area contributed by atoms with E-state index in [9.17, 15) is 0 Å². The second-order valence-corrected chi connectivity index (χ2v) is 5.92. The van der Waals surface area contributed by atoms with Crippen LogP contribution in [-0.2, 0) is 11.2 Å². The summed E-state index contributed by atoms with van der Waals surface area (Å²) in [7, 11) is 1.72. The first kappa shape index (κ1) is 15.4. The van der Waals surface area contributed by atoms with E-state index in [0.717, 1.165) is 12.0 Å². The Bertz CT molecular complexity index is 516. The van der Waals surface area contributed by atoms with Crippen LogP contribution in [-0.4, -0.2) is 13.2 Å². The van der Waals surface area contributed by atoms with E-state index >= 15 is 0 Å². The third-order valence-electron chi connectivity index (χ3n) is 3.33. The average Bonchev–Trinajstić information content (AvgIpc) is 2.50. The summed E-state index contributed by atoms with van der Waals surface area (Å²) in [6, 6.07) is 18.6. The third-order valence-corrected chi connectivity index (χ3v) is 4.05. The molecule has 0 radical (unpaired) electrons. The number of hydrogen-bond donors (Lipinski definition) is 2. The Morgan fingerprint density at radius 2 is 1.75 bits per heavy atom. The molecular weight excluding hydrogens is 363 g/mol. The lowest BCUT2D eigenvalue weighted by Gasteiger charge is -2.26. The second-order valence-electron chi connectivity index (χ2n) is 4.67. The lowest BCUT2D eigenvalue weighted by Crippen LogP contribution is -2.42. The first-order chi connectivity index (χ1) is 9.74. The number of rotatable bonds is 6. The van der Waals surface area contributed by atoms with Gasteiger partial charge in [-0.05, 0) is 52.3 Å². The summed E-state index contributed by atoms with van der Waals surface area (Å²) in [5, 5.41) is 0. The van der Waals surface area contributed by atoms with Gasteiger partial charge in [-0.2, -0.15) is 0 Å². The zero-order valence-electron chi connectivity index (χ0n) is 11.4. The Balaban J connectivity index is 2.15. The van der Waals surface area contributed by atoms with Gasteiger partial charge < -0.3 is 4.74 Å². The Kier molecular flexibility index (Phi) is 5.97. The highest BCUT2D eigenvalue weighted by Crippen LogP contribution is 2.23. The van der Waals surface area contributed by atoms with Crippen LogP contribution >= 0.6 is 22.6 Å². The SMILES string of the molecule is COC(c1ccccc1)C(Cc1ccc(I)cc1)NN. The molecule has 2 unspecified atom stereocenters. The van der Waals surface area contributed by atoms with Gasteiger partial charge in [0.15, 0.2) is 0 Å². The molecule has 3 N–H and O–H groups in total. The minimum atomic E-state index is -0.0690. The zero-order valence-corrected chi connectivity index (χ0v) is 13.6. The van der Waals surface area contributed by atoms with E-state index in [1.54, 1.807) is 7.11 Å². The van der Waals surface area contributed by atoms with Crippen LogP contribution in [0.3, 0.4) is 0 Å². The standard InChI is InChI=1S/C16H19IN2O/c1-20-16(13-5-3-2-4-6-13)15(19-18)11-12-7-9-14(17)10-8-12/h2-10,15-16,19H,11,18H2,1H3. The van der Waals surface area contributed by atoms with Crippen molar-refractivity contribution in [3.8, 4) is 0 Å². The van der Waals surface area contributed by atoms with E-state index in [1.807, 2.05) is 18.2 Å². The van der Waals surface area contributed by atoms with Crippen molar-refractivity contribution in [3.63, 3.8) is 0 Å². The lowest BCUT2D eigenvalue weighted by molar-refractivity contribution is 0.0679. The Morgan fingerprint density at radius 3 is 2.30 bits per heavy atom. The van der Waals surface area contributed by atoms with Gasteiger partial charge in [0.1, 0.15) is 0 Å². The highest BCUT2D eigenvalue weighted by Gasteiger charge is 2.22. The quantitative estimate of drug-likeness (QED) is 0.459. The number of nitrogens with one attached hydrogen (secondary N) is 1. The first-order valence-corrected chi connectivity index (χ1v) is 7.60. The van der Waals surface area contributed by atoms with Gasteiger partial charge in [0.05, 0.1) is 12.1 Å². The molecule has 0 aliphatic carbocycles. The van der Waals surface area contributed by atoms with Crippen molar-refractivity contribution in [3.05, 3.63) is 69.3 Å². The molecule has 2 atom stereocenters. The van der Waals surface area contributed by atoms with Crippen molar-refractivity contribution in [2.75, 3.05) is 7.11 Å². The molecule has 0 saturated heterocycles. The van der Waals surface area contributed by atoms with Crippen LogP contribution in [0.5, 0.6) is 0 Å². The Labute approximate surface area is 133 Å². The maximum Gasteiger partial charge on any atom is 0.0990 e. The van der Waals surface area contributed by atoms with Crippen LogP contribution in [0.15, 0.2) is 54.6 Å². The molecule has 0 aromatic heterocycles. The minimum Gasteiger partial charge on any atom is -0.375 e. The van der Waals surface area contributed by atoms with Crippen LogP contribution < -0.4 is 11.3 Å². The van der Waals surface area contributed by atoms with E-state index in [1.165, 1.54) is 9.13 Å². The largest absolute Gasteiger partial charge is 0.375 e. The molecule has 2 aromatic carbocycles. The lowest BCUT2D eigenvalue weighted by atomic mass is 9.96. The molecule has 0 saturated carbocycles. The van der Waals surface area contributed by atoms with Gasteiger partial charge >= 0.3 is 0 Å². The summed E-state index contributed by atoms with van der Waals surface area (Å²) in [6.45, 7) is 0. The van der Waals surface area contributed by atoms with Crippen molar-refractivity contribution in [2.45, 2.75) is 18.6 Å². The van der Waals surface area contributed by atoms with Crippen molar-refractivity contribution in [1.29, 1.82) is 0 Å². The molecule has 3 nitrogen and oxygen atoms in total. The predicted octanol–water partition coefficient (Wildman–Crippen LogP) is 3.05. The Hall–Kier alpha value is -0.950. The molecule has 2 aromatic rings. The highest BCUT2D eigenvalue weighted by atomic mass is 127. The number of benzene rings is 2. The summed E-state index contributed by atoms with van der Waals surface area (Å²) in [6.07, 6.45) is 0.751. The molecule has 2 rings (SSSR count). The van der Waals surface area contributed by atoms with Gasteiger partial charge in [-0.1, -0.05) is 42.5 Å². The Morgan fingerprint density at radius 1 is 1.10 bits per heavy atom. The molecule has 0 fully saturated rings.